The molecule has 1 rings (SSSR count). The Kier molecular flexibility index (Phi) is 4.78. The van der Waals surface area contributed by atoms with E-state index in [2.05, 4.69) is 4.90 Å². The van der Waals surface area contributed by atoms with Gasteiger partial charge in [0.05, 0.1) is 10.8 Å². The molecule has 0 aliphatic carbocycles. The minimum absolute atomic E-state index is 0.710. The molecule has 3 nitrogen and oxygen atoms in total. The van der Waals surface area contributed by atoms with Crippen molar-refractivity contribution in [1.82, 2.24) is 4.90 Å². The molecule has 2 N–H and O–H groups in total. The molecular formula is C11H18N2OS. The van der Waals surface area contributed by atoms with Gasteiger partial charge in [-0.3, -0.25) is 4.21 Å². The highest BCUT2D eigenvalue weighted by molar-refractivity contribution is 7.85. The Morgan fingerprint density at radius 2 is 1.87 bits per heavy atom. The van der Waals surface area contributed by atoms with Gasteiger partial charge in [-0.05, 0) is 51.3 Å². The molecule has 0 spiro atoms. The van der Waals surface area contributed by atoms with Crippen molar-refractivity contribution >= 4 is 16.5 Å². The lowest BCUT2D eigenvalue weighted by Crippen LogP contribution is -2.15. The van der Waals surface area contributed by atoms with E-state index in [9.17, 15) is 4.21 Å². The molecule has 0 heterocycles. The number of hydrogen-bond donors (Lipinski definition) is 1. The van der Waals surface area contributed by atoms with E-state index in [0.717, 1.165) is 17.9 Å². The summed E-state index contributed by atoms with van der Waals surface area (Å²) in [6.45, 7) is 0.973. The van der Waals surface area contributed by atoms with Gasteiger partial charge in [-0.15, -0.1) is 0 Å². The fourth-order valence-corrected chi connectivity index (χ4v) is 2.32. The highest BCUT2D eigenvalue weighted by atomic mass is 32.2. The molecule has 1 aromatic rings. The summed E-state index contributed by atoms with van der Waals surface area (Å²) in [6.07, 6.45) is 0.948. The molecule has 1 atom stereocenters. The van der Waals surface area contributed by atoms with Gasteiger partial charge in [0.25, 0.3) is 0 Å². The molecule has 0 bridgehead atoms. The molecule has 0 aliphatic heterocycles. The van der Waals surface area contributed by atoms with Crippen LogP contribution >= 0.6 is 0 Å². The van der Waals surface area contributed by atoms with Gasteiger partial charge in [0.15, 0.2) is 0 Å². The van der Waals surface area contributed by atoms with E-state index < -0.39 is 10.8 Å². The molecule has 0 saturated carbocycles. The number of hydrogen-bond acceptors (Lipinski definition) is 3. The van der Waals surface area contributed by atoms with Crippen LogP contribution in [0.15, 0.2) is 29.2 Å². The van der Waals surface area contributed by atoms with Gasteiger partial charge < -0.3 is 10.6 Å². The smallest absolute Gasteiger partial charge is 0.0530 e. The third-order valence-electron chi connectivity index (χ3n) is 2.08. The zero-order chi connectivity index (χ0) is 11.3. The quantitative estimate of drug-likeness (QED) is 0.770. The van der Waals surface area contributed by atoms with Crippen molar-refractivity contribution in [3.05, 3.63) is 24.3 Å². The van der Waals surface area contributed by atoms with Crippen molar-refractivity contribution in [2.24, 2.45) is 0 Å². The SMILES string of the molecule is CN(C)CCCS(=O)c1ccc(N)cc1. The van der Waals surface area contributed by atoms with E-state index in [0.29, 0.717) is 11.4 Å². The molecule has 15 heavy (non-hydrogen) atoms. The number of nitrogens with two attached hydrogens (primary N) is 1. The van der Waals surface area contributed by atoms with Gasteiger partial charge >= 0.3 is 0 Å². The lowest BCUT2D eigenvalue weighted by atomic mass is 10.3. The van der Waals surface area contributed by atoms with Gasteiger partial charge in [-0.25, -0.2) is 0 Å². The average molecular weight is 226 g/mol. The second-order valence-electron chi connectivity index (χ2n) is 3.78. The largest absolute Gasteiger partial charge is 0.399 e. The second kappa shape index (κ2) is 5.88. The molecule has 0 saturated heterocycles. The first kappa shape index (κ1) is 12.2. The van der Waals surface area contributed by atoms with Crippen molar-refractivity contribution in [3.63, 3.8) is 0 Å². The van der Waals surface area contributed by atoms with Crippen LogP contribution in [0.3, 0.4) is 0 Å². The number of nitrogens with zero attached hydrogens (tertiary/aromatic N) is 1. The van der Waals surface area contributed by atoms with Crippen LogP contribution in [0.5, 0.6) is 0 Å². The van der Waals surface area contributed by atoms with Crippen LogP contribution in [0.25, 0.3) is 0 Å². The number of anilines is 1. The summed E-state index contributed by atoms with van der Waals surface area (Å²) >= 11 is 0. The van der Waals surface area contributed by atoms with E-state index in [4.69, 9.17) is 5.73 Å². The molecule has 0 radical (unpaired) electrons. The van der Waals surface area contributed by atoms with Crippen LogP contribution in [0.2, 0.25) is 0 Å². The molecule has 0 fully saturated rings. The van der Waals surface area contributed by atoms with Crippen LogP contribution in [0, 0.1) is 0 Å². The van der Waals surface area contributed by atoms with E-state index in [1.807, 2.05) is 26.2 Å². The zero-order valence-electron chi connectivity index (χ0n) is 9.27. The second-order valence-corrected chi connectivity index (χ2v) is 5.35. The molecule has 84 valence electrons. The van der Waals surface area contributed by atoms with Gasteiger partial charge in [-0.1, -0.05) is 0 Å². The molecule has 1 unspecified atom stereocenters. The van der Waals surface area contributed by atoms with E-state index >= 15 is 0 Å². The first-order valence-electron chi connectivity index (χ1n) is 4.98. The summed E-state index contributed by atoms with van der Waals surface area (Å²) in [5.74, 6) is 0.710. The Hall–Kier alpha value is -0.870. The Morgan fingerprint density at radius 3 is 2.40 bits per heavy atom. The summed E-state index contributed by atoms with van der Waals surface area (Å²) in [7, 11) is 3.15. The monoisotopic (exact) mass is 226 g/mol. The lowest BCUT2D eigenvalue weighted by molar-refractivity contribution is 0.409. The van der Waals surface area contributed by atoms with Gasteiger partial charge in [0, 0.05) is 16.3 Å². The van der Waals surface area contributed by atoms with Gasteiger partial charge in [0.2, 0.25) is 0 Å². The Balaban J connectivity index is 2.43. The maximum Gasteiger partial charge on any atom is 0.0530 e. The normalized spacial score (nSPS) is 13.0. The minimum atomic E-state index is -0.890. The third-order valence-corrected chi connectivity index (χ3v) is 3.54. The van der Waals surface area contributed by atoms with Crippen LogP contribution in [0.1, 0.15) is 6.42 Å². The number of benzene rings is 1. The first-order valence-corrected chi connectivity index (χ1v) is 6.30. The number of nitrogen functional groups attached to an aromatic ring is 1. The van der Waals surface area contributed by atoms with Gasteiger partial charge in [0.1, 0.15) is 0 Å². The molecule has 0 aromatic heterocycles. The molecular weight excluding hydrogens is 208 g/mol. The zero-order valence-corrected chi connectivity index (χ0v) is 10.1. The molecule has 1 aromatic carbocycles. The Morgan fingerprint density at radius 1 is 1.27 bits per heavy atom. The first-order chi connectivity index (χ1) is 7.09. The van der Waals surface area contributed by atoms with Crippen molar-refractivity contribution in [3.8, 4) is 0 Å². The highest BCUT2D eigenvalue weighted by Crippen LogP contribution is 2.10. The summed E-state index contributed by atoms with van der Waals surface area (Å²) in [5, 5.41) is 0. The summed E-state index contributed by atoms with van der Waals surface area (Å²) in [6, 6.07) is 7.25. The van der Waals surface area contributed by atoms with Crippen molar-refractivity contribution in [1.29, 1.82) is 0 Å². The van der Waals surface area contributed by atoms with E-state index in [1.165, 1.54) is 0 Å². The summed E-state index contributed by atoms with van der Waals surface area (Å²) < 4.78 is 11.8. The molecule has 4 heteroatoms. The Bertz CT molecular complexity index is 322. The number of rotatable bonds is 5. The summed E-state index contributed by atoms with van der Waals surface area (Å²) in [4.78, 5) is 2.96. The van der Waals surface area contributed by atoms with E-state index in [1.54, 1.807) is 12.1 Å². The maximum atomic E-state index is 11.8. The topological polar surface area (TPSA) is 46.3 Å². The predicted octanol–water partition coefficient (Wildman–Crippen LogP) is 1.33. The predicted molar refractivity (Wildman–Crippen MR) is 65.3 cm³/mol. The standard InChI is InChI=1S/C11H18N2OS/c1-13(2)8-3-9-15(14)11-6-4-10(12)5-7-11/h4-7H,3,8-9,12H2,1-2H3. The lowest BCUT2D eigenvalue weighted by Gasteiger charge is -2.08. The summed E-state index contributed by atoms with van der Waals surface area (Å²) in [5.41, 5.74) is 6.27. The maximum absolute atomic E-state index is 11.8. The van der Waals surface area contributed by atoms with Crippen LogP contribution < -0.4 is 5.73 Å². The fourth-order valence-electron chi connectivity index (χ4n) is 1.25. The third kappa shape index (κ3) is 4.44. The Labute approximate surface area is 93.7 Å². The van der Waals surface area contributed by atoms with Crippen molar-refractivity contribution < 1.29 is 4.21 Å². The van der Waals surface area contributed by atoms with Crippen molar-refractivity contribution in [2.45, 2.75) is 11.3 Å². The fraction of sp³-hybridized carbons (Fsp3) is 0.455. The highest BCUT2D eigenvalue weighted by Gasteiger charge is 2.03. The van der Waals surface area contributed by atoms with E-state index in [-0.39, 0.29) is 0 Å². The molecule has 0 amide bonds. The van der Waals surface area contributed by atoms with Crippen LogP contribution in [0.4, 0.5) is 5.69 Å². The molecule has 0 aliphatic rings. The van der Waals surface area contributed by atoms with Gasteiger partial charge in [-0.2, -0.15) is 0 Å². The van der Waals surface area contributed by atoms with Crippen LogP contribution in [-0.4, -0.2) is 35.5 Å². The minimum Gasteiger partial charge on any atom is -0.399 e. The van der Waals surface area contributed by atoms with Crippen LogP contribution in [-0.2, 0) is 10.8 Å². The van der Waals surface area contributed by atoms with Crippen molar-refractivity contribution in [2.75, 3.05) is 32.1 Å². The average Bonchev–Trinajstić information content (AvgIpc) is 2.18.